The van der Waals surface area contributed by atoms with Gasteiger partial charge in [0.1, 0.15) is 5.75 Å². The molecule has 2 N–H and O–H groups in total. The standard InChI is InChI=1S/C15H15NO2/c1-10-7-8-13(14(17)9-10)16-15(18)12-6-4-3-5-11(12)2/h3-9,17H,1-2H3,(H,16,18). The maximum atomic E-state index is 12.0. The van der Waals surface area contributed by atoms with Gasteiger partial charge < -0.3 is 10.4 Å². The average Bonchev–Trinajstić information content (AvgIpc) is 2.33. The number of rotatable bonds is 2. The fourth-order valence-electron chi connectivity index (χ4n) is 1.76. The summed E-state index contributed by atoms with van der Waals surface area (Å²) >= 11 is 0. The molecule has 0 fully saturated rings. The Balaban J connectivity index is 2.24. The van der Waals surface area contributed by atoms with E-state index in [9.17, 15) is 9.90 Å². The number of hydrogen-bond donors (Lipinski definition) is 2. The van der Waals surface area contributed by atoms with Gasteiger partial charge in [-0.1, -0.05) is 24.3 Å². The van der Waals surface area contributed by atoms with Gasteiger partial charge in [-0.05, 0) is 43.2 Å². The van der Waals surface area contributed by atoms with Crippen LogP contribution in [0.3, 0.4) is 0 Å². The van der Waals surface area contributed by atoms with Gasteiger partial charge in [0.15, 0.2) is 0 Å². The average molecular weight is 241 g/mol. The van der Waals surface area contributed by atoms with Crippen LogP contribution in [0.25, 0.3) is 0 Å². The van der Waals surface area contributed by atoms with Crippen LogP contribution >= 0.6 is 0 Å². The molecule has 92 valence electrons. The highest BCUT2D eigenvalue weighted by molar-refractivity contribution is 6.05. The lowest BCUT2D eigenvalue weighted by Crippen LogP contribution is -2.13. The maximum absolute atomic E-state index is 12.0. The van der Waals surface area contributed by atoms with Crippen molar-refractivity contribution in [1.82, 2.24) is 0 Å². The van der Waals surface area contributed by atoms with Crippen molar-refractivity contribution in [2.75, 3.05) is 5.32 Å². The molecule has 0 aromatic heterocycles. The Morgan fingerprint density at radius 1 is 1.11 bits per heavy atom. The SMILES string of the molecule is Cc1ccc(NC(=O)c2ccccc2C)c(O)c1. The summed E-state index contributed by atoms with van der Waals surface area (Å²) in [6.45, 7) is 3.76. The molecular weight excluding hydrogens is 226 g/mol. The van der Waals surface area contributed by atoms with Crippen LogP contribution in [0, 0.1) is 13.8 Å². The predicted octanol–water partition coefficient (Wildman–Crippen LogP) is 3.26. The number of phenols is 1. The number of amides is 1. The Morgan fingerprint density at radius 3 is 2.50 bits per heavy atom. The smallest absolute Gasteiger partial charge is 0.256 e. The summed E-state index contributed by atoms with van der Waals surface area (Å²) in [4.78, 5) is 12.0. The van der Waals surface area contributed by atoms with Crippen molar-refractivity contribution >= 4 is 11.6 Å². The summed E-state index contributed by atoms with van der Waals surface area (Å²) in [5.74, 6) is -0.135. The van der Waals surface area contributed by atoms with E-state index >= 15 is 0 Å². The first-order valence-corrected chi connectivity index (χ1v) is 5.74. The number of aryl methyl sites for hydroxylation is 2. The minimum Gasteiger partial charge on any atom is -0.506 e. The van der Waals surface area contributed by atoms with Crippen LogP contribution in [0.4, 0.5) is 5.69 Å². The van der Waals surface area contributed by atoms with E-state index in [1.165, 1.54) is 0 Å². The lowest BCUT2D eigenvalue weighted by molar-refractivity contribution is 0.102. The number of anilines is 1. The molecule has 0 bridgehead atoms. The number of carbonyl (C=O) groups is 1. The Hall–Kier alpha value is -2.29. The van der Waals surface area contributed by atoms with Crippen molar-refractivity contribution in [3.05, 3.63) is 59.2 Å². The van der Waals surface area contributed by atoms with E-state index in [0.29, 0.717) is 11.3 Å². The molecule has 3 heteroatoms. The van der Waals surface area contributed by atoms with Crippen molar-refractivity contribution in [2.24, 2.45) is 0 Å². The summed E-state index contributed by atoms with van der Waals surface area (Å²) in [7, 11) is 0. The zero-order valence-corrected chi connectivity index (χ0v) is 10.4. The first kappa shape index (κ1) is 12.2. The normalized spacial score (nSPS) is 10.1. The quantitative estimate of drug-likeness (QED) is 0.793. The van der Waals surface area contributed by atoms with Gasteiger partial charge in [-0.3, -0.25) is 4.79 Å². The Morgan fingerprint density at radius 2 is 1.83 bits per heavy atom. The molecule has 18 heavy (non-hydrogen) atoms. The molecule has 2 aromatic carbocycles. The number of phenolic OH excluding ortho intramolecular Hbond substituents is 1. The van der Waals surface area contributed by atoms with Crippen LogP contribution in [-0.2, 0) is 0 Å². The second kappa shape index (κ2) is 4.92. The largest absolute Gasteiger partial charge is 0.506 e. The summed E-state index contributed by atoms with van der Waals surface area (Å²) in [5, 5.41) is 12.4. The highest BCUT2D eigenvalue weighted by atomic mass is 16.3. The Bertz CT molecular complexity index is 591. The van der Waals surface area contributed by atoms with Crippen LogP contribution < -0.4 is 5.32 Å². The molecule has 0 radical (unpaired) electrons. The molecule has 0 atom stereocenters. The number of benzene rings is 2. The molecule has 0 heterocycles. The van der Waals surface area contributed by atoms with Crippen LogP contribution in [0.1, 0.15) is 21.5 Å². The van der Waals surface area contributed by atoms with Crippen molar-refractivity contribution in [2.45, 2.75) is 13.8 Å². The third-order valence-electron chi connectivity index (χ3n) is 2.79. The molecule has 0 aliphatic heterocycles. The van der Waals surface area contributed by atoms with E-state index in [2.05, 4.69) is 5.32 Å². The third kappa shape index (κ3) is 2.51. The first-order chi connectivity index (χ1) is 8.58. The Labute approximate surface area is 106 Å². The molecule has 3 nitrogen and oxygen atoms in total. The summed E-state index contributed by atoms with van der Waals surface area (Å²) in [6, 6.07) is 12.5. The topological polar surface area (TPSA) is 49.3 Å². The molecule has 0 saturated carbocycles. The van der Waals surface area contributed by atoms with Crippen LogP contribution in [0.15, 0.2) is 42.5 Å². The molecule has 1 amide bonds. The summed E-state index contributed by atoms with van der Waals surface area (Å²) in [6.07, 6.45) is 0. The fourth-order valence-corrected chi connectivity index (χ4v) is 1.76. The number of hydrogen-bond acceptors (Lipinski definition) is 2. The molecule has 0 saturated heterocycles. The molecule has 0 aliphatic carbocycles. The van der Waals surface area contributed by atoms with Crippen LogP contribution in [0.5, 0.6) is 5.75 Å². The second-order valence-electron chi connectivity index (χ2n) is 4.29. The molecule has 0 spiro atoms. The number of nitrogens with one attached hydrogen (secondary N) is 1. The zero-order chi connectivity index (χ0) is 13.1. The highest BCUT2D eigenvalue weighted by Gasteiger charge is 2.10. The first-order valence-electron chi connectivity index (χ1n) is 5.74. The van der Waals surface area contributed by atoms with Gasteiger partial charge in [-0.15, -0.1) is 0 Å². The van der Waals surface area contributed by atoms with Gasteiger partial charge in [0.05, 0.1) is 5.69 Å². The van der Waals surface area contributed by atoms with Gasteiger partial charge in [0, 0.05) is 5.56 Å². The van der Waals surface area contributed by atoms with Gasteiger partial charge >= 0.3 is 0 Å². The summed E-state index contributed by atoms with van der Waals surface area (Å²) in [5.41, 5.74) is 2.88. The lowest BCUT2D eigenvalue weighted by atomic mass is 10.1. The van der Waals surface area contributed by atoms with E-state index in [0.717, 1.165) is 11.1 Å². The zero-order valence-electron chi connectivity index (χ0n) is 10.4. The monoisotopic (exact) mass is 241 g/mol. The van der Waals surface area contributed by atoms with E-state index in [1.807, 2.05) is 38.1 Å². The fraction of sp³-hybridized carbons (Fsp3) is 0.133. The molecule has 0 aliphatic rings. The molecule has 2 aromatic rings. The van der Waals surface area contributed by atoms with E-state index < -0.39 is 0 Å². The maximum Gasteiger partial charge on any atom is 0.256 e. The molecular formula is C15H15NO2. The van der Waals surface area contributed by atoms with Gasteiger partial charge in [0.2, 0.25) is 0 Å². The van der Waals surface area contributed by atoms with E-state index in [4.69, 9.17) is 0 Å². The molecule has 2 rings (SSSR count). The Kier molecular flexibility index (Phi) is 3.33. The van der Waals surface area contributed by atoms with Gasteiger partial charge in [-0.2, -0.15) is 0 Å². The van der Waals surface area contributed by atoms with Crippen LogP contribution in [-0.4, -0.2) is 11.0 Å². The number of carbonyl (C=O) groups excluding carboxylic acids is 1. The van der Waals surface area contributed by atoms with Crippen molar-refractivity contribution < 1.29 is 9.90 Å². The lowest BCUT2D eigenvalue weighted by Gasteiger charge is -2.09. The second-order valence-corrected chi connectivity index (χ2v) is 4.29. The van der Waals surface area contributed by atoms with Crippen molar-refractivity contribution in [3.63, 3.8) is 0 Å². The minimum absolute atomic E-state index is 0.0805. The number of aromatic hydroxyl groups is 1. The summed E-state index contributed by atoms with van der Waals surface area (Å²) < 4.78 is 0. The third-order valence-corrected chi connectivity index (χ3v) is 2.79. The van der Waals surface area contributed by atoms with Crippen molar-refractivity contribution in [3.8, 4) is 5.75 Å². The van der Waals surface area contributed by atoms with E-state index in [-0.39, 0.29) is 11.7 Å². The van der Waals surface area contributed by atoms with Crippen LogP contribution in [0.2, 0.25) is 0 Å². The van der Waals surface area contributed by atoms with E-state index in [1.54, 1.807) is 18.2 Å². The predicted molar refractivity (Wildman–Crippen MR) is 72.0 cm³/mol. The van der Waals surface area contributed by atoms with Gasteiger partial charge in [-0.25, -0.2) is 0 Å². The minimum atomic E-state index is -0.216. The van der Waals surface area contributed by atoms with Crippen molar-refractivity contribution in [1.29, 1.82) is 0 Å². The molecule has 0 unspecified atom stereocenters. The van der Waals surface area contributed by atoms with Gasteiger partial charge in [0.25, 0.3) is 5.91 Å². The highest BCUT2D eigenvalue weighted by Crippen LogP contribution is 2.24.